The minimum Gasteiger partial charge on any atom is -0.347 e. The molecule has 144 valence electrons. The normalized spacial score (nSPS) is 16.8. The molecule has 1 N–H and O–H groups in total. The number of carbonyl (C=O) groups is 2. The summed E-state index contributed by atoms with van der Waals surface area (Å²) >= 11 is 0. The Morgan fingerprint density at radius 2 is 1.96 bits per heavy atom. The number of rotatable bonds is 4. The molecular weight excluding hydrogens is 352 g/mol. The van der Waals surface area contributed by atoms with Crippen LogP contribution in [0.15, 0.2) is 48.7 Å². The molecule has 0 fully saturated rings. The number of aromatic nitrogens is 2. The lowest BCUT2D eigenvalue weighted by molar-refractivity contribution is 0.0928. The van der Waals surface area contributed by atoms with Gasteiger partial charge in [0.25, 0.3) is 11.8 Å². The number of hydrogen-bond acceptors (Lipinski definition) is 3. The van der Waals surface area contributed by atoms with Gasteiger partial charge in [-0.15, -0.1) is 0 Å². The van der Waals surface area contributed by atoms with Crippen LogP contribution in [0.2, 0.25) is 0 Å². The summed E-state index contributed by atoms with van der Waals surface area (Å²) in [6, 6.07) is 13.5. The number of anilines is 1. The molecular formula is C22H24N4O2. The SMILES string of the molecule is CCC(C)NC(=O)c1nc(C(=O)N2c3ccccc3CC2C)c2ccccn12. The van der Waals surface area contributed by atoms with Gasteiger partial charge in [-0.25, -0.2) is 4.98 Å². The fourth-order valence-electron chi connectivity index (χ4n) is 3.73. The lowest BCUT2D eigenvalue weighted by Gasteiger charge is -2.21. The van der Waals surface area contributed by atoms with Gasteiger partial charge in [-0.1, -0.05) is 31.2 Å². The highest BCUT2D eigenvalue weighted by Gasteiger charge is 2.34. The monoisotopic (exact) mass is 376 g/mol. The molecule has 3 aromatic rings. The molecule has 0 saturated heterocycles. The van der Waals surface area contributed by atoms with E-state index in [1.807, 2.05) is 57.2 Å². The van der Waals surface area contributed by atoms with E-state index in [9.17, 15) is 9.59 Å². The Hall–Kier alpha value is -3.15. The van der Waals surface area contributed by atoms with Gasteiger partial charge in [-0.3, -0.25) is 14.0 Å². The Kier molecular flexibility index (Phi) is 4.63. The summed E-state index contributed by atoms with van der Waals surface area (Å²) in [7, 11) is 0. The van der Waals surface area contributed by atoms with Gasteiger partial charge in [0.2, 0.25) is 5.82 Å². The molecule has 28 heavy (non-hydrogen) atoms. The molecule has 2 amide bonds. The van der Waals surface area contributed by atoms with Crippen molar-refractivity contribution in [3.8, 4) is 0 Å². The number of fused-ring (bicyclic) bond motifs is 2. The molecule has 0 aliphatic carbocycles. The standard InChI is InChI=1S/C22H24N4O2/c1-4-14(2)23-21(27)20-24-19(18-11-7-8-12-25(18)20)22(28)26-15(3)13-16-9-5-6-10-17(16)26/h5-12,14-15H,4,13H2,1-3H3,(H,23,27). The van der Waals surface area contributed by atoms with E-state index in [2.05, 4.69) is 16.4 Å². The maximum absolute atomic E-state index is 13.5. The molecule has 0 radical (unpaired) electrons. The highest BCUT2D eigenvalue weighted by atomic mass is 16.2. The minimum atomic E-state index is -0.274. The third-order valence-electron chi connectivity index (χ3n) is 5.37. The largest absolute Gasteiger partial charge is 0.347 e. The first-order valence-electron chi connectivity index (χ1n) is 9.70. The van der Waals surface area contributed by atoms with Crippen LogP contribution in [0.25, 0.3) is 5.52 Å². The van der Waals surface area contributed by atoms with E-state index in [-0.39, 0.29) is 29.7 Å². The van der Waals surface area contributed by atoms with Gasteiger partial charge < -0.3 is 10.2 Å². The van der Waals surface area contributed by atoms with Gasteiger partial charge in [-0.2, -0.15) is 0 Å². The smallest absolute Gasteiger partial charge is 0.287 e. The summed E-state index contributed by atoms with van der Waals surface area (Å²) in [5, 5.41) is 2.94. The first-order chi connectivity index (χ1) is 13.5. The molecule has 1 aliphatic rings. The van der Waals surface area contributed by atoms with Crippen LogP contribution in [0.4, 0.5) is 5.69 Å². The number of carbonyl (C=O) groups excluding carboxylic acids is 2. The van der Waals surface area contributed by atoms with E-state index in [0.717, 1.165) is 24.1 Å². The molecule has 4 rings (SSSR count). The predicted molar refractivity (Wildman–Crippen MR) is 109 cm³/mol. The lowest BCUT2D eigenvalue weighted by Crippen LogP contribution is -2.36. The lowest BCUT2D eigenvalue weighted by atomic mass is 10.1. The van der Waals surface area contributed by atoms with Gasteiger partial charge in [0, 0.05) is 24.0 Å². The van der Waals surface area contributed by atoms with E-state index in [1.54, 1.807) is 15.5 Å². The van der Waals surface area contributed by atoms with Gasteiger partial charge in [0.1, 0.15) is 0 Å². The van der Waals surface area contributed by atoms with Crippen LogP contribution in [-0.4, -0.2) is 33.3 Å². The quantitative estimate of drug-likeness (QED) is 0.758. The third-order valence-corrected chi connectivity index (χ3v) is 5.37. The Morgan fingerprint density at radius 3 is 2.75 bits per heavy atom. The zero-order chi connectivity index (χ0) is 19.8. The van der Waals surface area contributed by atoms with Crippen molar-refractivity contribution in [3.05, 3.63) is 65.7 Å². The molecule has 1 aromatic carbocycles. The van der Waals surface area contributed by atoms with Crippen LogP contribution in [0.5, 0.6) is 0 Å². The summed E-state index contributed by atoms with van der Waals surface area (Å²) in [5.41, 5.74) is 3.01. The Morgan fingerprint density at radius 1 is 1.21 bits per heavy atom. The van der Waals surface area contributed by atoms with Crippen molar-refractivity contribution in [1.82, 2.24) is 14.7 Å². The maximum atomic E-state index is 13.5. The van der Waals surface area contributed by atoms with Crippen LogP contribution in [0.1, 0.15) is 53.9 Å². The number of pyridine rings is 1. The number of nitrogens with zero attached hydrogens (tertiary/aromatic N) is 3. The molecule has 1 aliphatic heterocycles. The van der Waals surface area contributed by atoms with Crippen LogP contribution in [-0.2, 0) is 6.42 Å². The fraction of sp³-hybridized carbons (Fsp3) is 0.318. The number of nitrogens with one attached hydrogen (secondary N) is 1. The first-order valence-corrected chi connectivity index (χ1v) is 9.70. The molecule has 0 spiro atoms. The van der Waals surface area contributed by atoms with Crippen molar-refractivity contribution in [2.24, 2.45) is 0 Å². The Balaban J connectivity index is 1.77. The second-order valence-electron chi connectivity index (χ2n) is 7.38. The van der Waals surface area contributed by atoms with E-state index in [1.165, 1.54) is 0 Å². The zero-order valence-electron chi connectivity index (χ0n) is 16.3. The summed E-state index contributed by atoms with van der Waals surface area (Å²) in [6.45, 7) is 5.99. The number of benzene rings is 1. The van der Waals surface area contributed by atoms with Gasteiger partial charge >= 0.3 is 0 Å². The average Bonchev–Trinajstić information content (AvgIpc) is 3.24. The highest BCUT2D eigenvalue weighted by molar-refractivity contribution is 6.11. The molecule has 2 aromatic heterocycles. The van der Waals surface area contributed by atoms with Crippen molar-refractivity contribution in [2.75, 3.05) is 4.90 Å². The van der Waals surface area contributed by atoms with Crippen molar-refractivity contribution < 1.29 is 9.59 Å². The molecule has 6 nitrogen and oxygen atoms in total. The summed E-state index contributed by atoms with van der Waals surface area (Å²) in [6.07, 6.45) is 3.41. The van der Waals surface area contributed by atoms with Gasteiger partial charge in [-0.05, 0) is 50.5 Å². The fourth-order valence-corrected chi connectivity index (χ4v) is 3.73. The Labute approximate surface area is 164 Å². The summed E-state index contributed by atoms with van der Waals surface area (Å²) < 4.78 is 1.69. The van der Waals surface area contributed by atoms with Gasteiger partial charge in [0.05, 0.1) is 5.52 Å². The topological polar surface area (TPSA) is 66.7 Å². The average molecular weight is 376 g/mol. The number of amides is 2. The van der Waals surface area contributed by atoms with E-state index >= 15 is 0 Å². The van der Waals surface area contributed by atoms with E-state index in [4.69, 9.17) is 0 Å². The van der Waals surface area contributed by atoms with Crippen LogP contribution < -0.4 is 10.2 Å². The second-order valence-corrected chi connectivity index (χ2v) is 7.38. The van der Waals surface area contributed by atoms with Crippen LogP contribution in [0, 0.1) is 0 Å². The Bertz CT molecular complexity index is 1060. The van der Waals surface area contributed by atoms with Crippen molar-refractivity contribution in [3.63, 3.8) is 0 Å². The van der Waals surface area contributed by atoms with Crippen molar-refractivity contribution >= 4 is 23.0 Å². The van der Waals surface area contributed by atoms with Crippen LogP contribution >= 0.6 is 0 Å². The van der Waals surface area contributed by atoms with Crippen molar-refractivity contribution in [2.45, 2.75) is 45.7 Å². The molecule has 3 heterocycles. The second kappa shape index (κ2) is 7.11. The number of hydrogen-bond donors (Lipinski definition) is 1. The molecule has 6 heteroatoms. The van der Waals surface area contributed by atoms with E-state index in [0.29, 0.717) is 11.2 Å². The highest BCUT2D eigenvalue weighted by Crippen LogP contribution is 2.33. The van der Waals surface area contributed by atoms with Crippen molar-refractivity contribution in [1.29, 1.82) is 0 Å². The molecule has 0 bridgehead atoms. The summed E-state index contributed by atoms with van der Waals surface area (Å²) in [4.78, 5) is 32.5. The number of imidazole rings is 1. The first kappa shape index (κ1) is 18.2. The van der Waals surface area contributed by atoms with E-state index < -0.39 is 0 Å². The zero-order valence-corrected chi connectivity index (χ0v) is 16.3. The van der Waals surface area contributed by atoms with Gasteiger partial charge in [0.15, 0.2) is 5.69 Å². The number of para-hydroxylation sites is 1. The molecule has 2 atom stereocenters. The maximum Gasteiger partial charge on any atom is 0.287 e. The molecule has 0 saturated carbocycles. The minimum absolute atomic E-state index is 0.0354. The third kappa shape index (κ3) is 2.95. The predicted octanol–water partition coefficient (Wildman–Crippen LogP) is 3.45. The summed E-state index contributed by atoms with van der Waals surface area (Å²) in [5.74, 6) is -0.215. The molecule has 2 unspecified atom stereocenters. The van der Waals surface area contributed by atoms with Crippen LogP contribution in [0.3, 0.4) is 0 Å².